The molecule has 0 spiro atoms. The number of hydrogen-bond donors (Lipinski definition) is 2. The topological polar surface area (TPSA) is 73.6 Å². The second kappa shape index (κ2) is 7.95. The maximum absolute atomic E-state index is 12.4. The maximum atomic E-state index is 12.4. The molecule has 0 aromatic carbocycles. The summed E-state index contributed by atoms with van der Waals surface area (Å²) < 4.78 is 11.3. The molecule has 1 saturated carbocycles. The monoisotopic (exact) mass is 334 g/mol. The lowest BCUT2D eigenvalue weighted by atomic mass is 9.54. The van der Waals surface area contributed by atoms with Crippen molar-refractivity contribution < 1.29 is 14.3 Å². The van der Waals surface area contributed by atoms with Crippen LogP contribution in [0.25, 0.3) is 0 Å². The first-order chi connectivity index (χ1) is 9.91. The number of nitrogens with two attached hydrogens (primary N) is 1. The molecule has 1 amide bonds. The lowest BCUT2D eigenvalue weighted by Gasteiger charge is -2.57. The Morgan fingerprint density at radius 3 is 2.68 bits per heavy atom. The molecule has 130 valence electrons. The summed E-state index contributed by atoms with van der Waals surface area (Å²) in [6.45, 7) is 8.14. The second-order valence-corrected chi connectivity index (χ2v) is 6.87. The van der Waals surface area contributed by atoms with Crippen LogP contribution in [0, 0.1) is 5.41 Å². The number of amides is 1. The number of hydrogen-bond acceptors (Lipinski definition) is 4. The summed E-state index contributed by atoms with van der Waals surface area (Å²) in [6, 6.07) is 0. The molecule has 1 heterocycles. The van der Waals surface area contributed by atoms with Gasteiger partial charge in [0.25, 0.3) is 0 Å². The van der Waals surface area contributed by atoms with E-state index in [-0.39, 0.29) is 29.8 Å². The Balaban J connectivity index is 0.00000242. The summed E-state index contributed by atoms with van der Waals surface area (Å²) in [5, 5.41) is 2.99. The highest BCUT2D eigenvalue weighted by Crippen LogP contribution is 2.49. The van der Waals surface area contributed by atoms with Crippen molar-refractivity contribution in [2.24, 2.45) is 11.1 Å². The zero-order valence-corrected chi connectivity index (χ0v) is 14.8. The number of halogens is 1. The van der Waals surface area contributed by atoms with E-state index in [1.165, 1.54) is 6.42 Å². The van der Waals surface area contributed by atoms with Gasteiger partial charge in [0.2, 0.25) is 5.91 Å². The number of ether oxygens (including phenoxy) is 2. The van der Waals surface area contributed by atoms with Gasteiger partial charge in [-0.15, -0.1) is 12.4 Å². The Kier molecular flexibility index (Phi) is 7.12. The smallest absolute Gasteiger partial charge is 0.240 e. The molecule has 0 aromatic rings. The summed E-state index contributed by atoms with van der Waals surface area (Å²) in [4.78, 5) is 12.4. The van der Waals surface area contributed by atoms with E-state index < -0.39 is 5.54 Å². The van der Waals surface area contributed by atoms with E-state index in [2.05, 4.69) is 5.32 Å². The van der Waals surface area contributed by atoms with E-state index in [0.29, 0.717) is 25.7 Å². The molecule has 1 aliphatic carbocycles. The van der Waals surface area contributed by atoms with Crippen molar-refractivity contribution in [3.05, 3.63) is 0 Å². The second-order valence-electron chi connectivity index (χ2n) is 6.87. The van der Waals surface area contributed by atoms with Crippen molar-refractivity contribution in [2.75, 3.05) is 19.8 Å². The van der Waals surface area contributed by atoms with E-state index in [4.69, 9.17) is 15.2 Å². The van der Waals surface area contributed by atoms with Crippen LogP contribution in [0.5, 0.6) is 0 Å². The molecule has 0 aromatic heterocycles. The van der Waals surface area contributed by atoms with Crippen molar-refractivity contribution in [3.63, 3.8) is 0 Å². The van der Waals surface area contributed by atoms with Crippen molar-refractivity contribution in [1.29, 1.82) is 0 Å². The van der Waals surface area contributed by atoms with Crippen LogP contribution in [-0.2, 0) is 14.3 Å². The fraction of sp³-hybridized carbons (Fsp3) is 0.938. The Bertz CT molecular complexity index is 372. The summed E-state index contributed by atoms with van der Waals surface area (Å²) in [5.74, 6) is -0.0562. The number of nitrogens with one attached hydrogen (secondary N) is 1. The first kappa shape index (κ1) is 19.7. The van der Waals surface area contributed by atoms with Crippen molar-refractivity contribution >= 4 is 18.3 Å². The molecule has 0 radical (unpaired) electrons. The predicted molar refractivity (Wildman–Crippen MR) is 89.2 cm³/mol. The lowest BCUT2D eigenvalue weighted by Crippen LogP contribution is -2.75. The van der Waals surface area contributed by atoms with Crippen molar-refractivity contribution in [1.82, 2.24) is 5.32 Å². The third kappa shape index (κ3) is 3.75. The van der Waals surface area contributed by atoms with Crippen LogP contribution in [0.2, 0.25) is 0 Å². The van der Waals surface area contributed by atoms with E-state index in [1.54, 1.807) is 0 Å². The van der Waals surface area contributed by atoms with E-state index in [9.17, 15) is 4.79 Å². The van der Waals surface area contributed by atoms with Crippen molar-refractivity contribution in [3.8, 4) is 0 Å². The third-order valence-corrected chi connectivity index (χ3v) is 5.26. The van der Waals surface area contributed by atoms with Crippen molar-refractivity contribution in [2.45, 2.75) is 70.6 Å². The van der Waals surface area contributed by atoms with Gasteiger partial charge < -0.3 is 20.5 Å². The molecule has 3 N–H and O–H groups in total. The minimum Gasteiger partial charge on any atom is -0.378 e. The van der Waals surface area contributed by atoms with Gasteiger partial charge in [-0.05, 0) is 32.6 Å². The molecule has 5 nitrogen and oxygen atoms in total. The summed E-state index contributed by atoms with van der Waals surface area (Å²) in [7, 11) is 0. The average molecular weight is 335 g/mol. The fourth-order valence-electron chi connectivity index (χ4n) is 3.36. The zero-order chi connectivity index (χ0) is 15.5. The SMILES string of the molecule is CCOC1CC(N)(C(=O)NCCC2CCCCO2)C1(C)C.Cl. The van der Waals surface area contributed by atoms with Crippen LogP contribution in [0.1, 0.15) is 52.9 Å². The quantitative estimate of drug-likeness (QED) is 0.779. The van der Waals surface area contributed by atoms with Crippen LogP contribution in [0.4, 0.5) is 0 Å². The van der Waals surface area contributed by atoms with Gasteiger partial charge in [-0.2, -0.15) is 0 Å². The minimum atomic E-state index is -0.819. The van der Waals surface area contributed by atoms with Crippen LogP contribution < -0.4 is 11.1 Å². The molecule has 22 heavy (non-hydrogen) atoms. The van der Waals surface area contributed by atoms with Gasteiger partial charge in [0.1, 0.15) is 5.54 Å². The van der Waals surface area contributed by atoms with Crippen LogP contribution >= 0.6 is 12.4 Å². The van der Waals surface area contributed by atoms with Crippen LogP contribution in [0.15, 0.2) is 0 Å². The third-order valence-electron chi connectivity index (χ3n) is 5.26. The van der Waals surface area contributed by atoms with E-state index in [1.807, 2.05) is 20.8 Å². The van der Waals surface area contributed by atoms with E-state index >= 15 is 0 Å². The summed E-state index contributed by atoms with van der Waals surface area (Å²) >= 11 is 0. The van der Waals surface area contributed by atoms with Gasteiger partial charge >= 0.3 is 0 Å². The normalized spacial score (nSPS) is 33.5. The average Bonchev–Trinajstić information content (AvgIpc) is 2.47. The van der Waals surface area contributed by atoms with Gasteiger partial charge in [-0.1, -0.05) is 13.8 Å². The summed E-state index contributed by atoms with van der Waals surface area (Å²) in [6.07, 6.45) is 5.31. The van der Waals surface area contributed by atoms with Gasteiger partial charge in [-0.25, -0.2) is 0 Å². The number of rotatable bonds is 6. The Morgan fingerprint density at radius 2 is 2.14 bits per heavy atom. The van der Waals surface area contributed by atoms with Crippen LogP contribution in [-0.4, -0.2) is 43.4 Å². The number of carbonyl (C=O) groups is 1. The predicted octanol–water partition coefficient (Wildman–Crippen LogP) is 2.02. The molecule has 1 aliphatic heterocycles. The highest BCUT2D eigenvalue weighted by atomic mass is 35.5. The fourth-order valence-corrected chi connectivity index (χ4v) is 3.36. The first-order valence-electron chi connectivity index (χ1n) is 8.22. The highest BCUT2D eigenvalue weighted by molar-refractivity contribution is 5.88. The van der Waals surface area contributed by atoms with Gasteiger partial charge in [0.15, 0.2) is 0 Å². The molecule has 1 saturated heterocycles. The highest BCUT2D eigenvalue weighted by Gasteiger charge is 2.62. The molecule has 0 bridgehead atoms. The zero-order valence-electron chi connectivity index (χ0n) is 14.0. The molecule has 3 unspecified atom stereocenters. The minimum absolute atomic E-state index is 0. The molecule has 3 atom stereocenters. The van der Waals surface area contributed by atoms with E-state index in [0.717, 1.165) is 25.9 Å². The molecule has 2 fully saturated rings. The van der Waals surface area contributed by atoms with Crippen LogP contribution in [0.3, 0.4) is 0 Å². The first-order valence-corrected chi connectivity index (χ1v) is 8.22. The Morgan fingerprint density at radius 1 is 1.41 bits per heavy atom. The largest absolute Gasteiger partial charge is 0.378 e. The summed E-state index contributed by atoms with van der Waals surface area (Å²) in [5.41, 5.74) is 5.20. The maximum Gasteiger partial charge on any atom is 0.240 e. The molecular weight excluding hydrogens is 304 g/mol. The molecular formula is C16H31ClN2O3. The van der Waals surface area contributed by atoms with Gasteiger partial charge in [0, 0.05) is 31.6 Å². The van der Waals surface area contributed by atoms with Gasteiger partial charge in [-0.3, -0.25) is 4.79 Å². The standard InChI is InChI=1S/C16H30N2O3.ClH/c1-4-20-13-11-16(17,15(13,2)3)14(19)18-9-8-12-7-5-6-10-21-12;/h12-13H,4-11,17H2,1-3H3,(H,18,19);1H. The molecule has 6 heteroatoms. The molecule has 2 aliphatic rings. The van der Waals surface area contributed by atoms with Gasteiger partial charge in [0.05, 0.1) is 12.2 Å². The Labute approximate surface area is 140 Å². The number of carbonyl (C=O) groups excluding carboxylic acids is 1. The lowest BCUT2D eigenvalue weighted by molar-refractivity contribution is -0.170. The molecule has 2 rings (SSSR count). The Hall–Kier alpha value is -0.360.